The zero-order valence-electron chi connectivity index (χ0n) is 7.25. The molecule has 0 aromatic carbocycles. The van der Waals surface area contributed by atoms with E-state index in [0.29, 0.717) is 4.32 Å². The molecule has 2 nitrogen and oxygen atoms in total. The van der Waals surface area contributed by atoms with Crippen molar-refractivity contribution < 1.29 is 0 Å². The van der Waals surface area contributed by atoms with Gasteiger partial charge in [0.1, 0.15) is 4.32 Å². The lowest BCUT2D eigenvalue weighted by molar-refractivity contribution is 0.334. The van der Waals surface area contributed by atoms with Crippen LogP contribution in [0.25, 0.3) is 0 Å². The second-order valence-corrected chi connectivity index (χ2v) is 4.29. The Morgan fingerprint density at radius 1 is 1.42 bits per heavy atom. The summed E-state index contributed by atoms with van der Waals surface area (Å²) in [5.74, 6) is 0. The van der Waals surface area contributed by atoms with Gasteiger partial charge in [-0.15, -0.1) is 12.6 Å². The first-order valence-electron chi connectivity index (χ1n) is 4.48. The maximum Gasteiger partial charge on any atom is 0.130 e. The molecule has 0 atom stereocenters. The van der Waals surface area contributed by atoms with Gasteiger partial charge < -0.3 is 10.2 Å². The van der Waals surface area contributed by atoms with E-state index in [1.807, 2.05) is 0 Å². The molecule has 4 heteroatoms. The van der Waals surface area contributed by atoms with Gasteiger partial charge in [-0.05, 0) is 38.9 Å². The fourth-order valence-corrected chi connectivity index (χ4v) is 1.72. The van der Waals surface area contributed by atoms with Crippen LogP contribution in [-0.4, -0.2) is 35.4 Å². The molecule has 1 aliphatic heterocycles. The van der Waals surface area contributed by atoms with E-state index in [2.05, 4.69) is 22.8 Å². The molecule has 0 saturated carbocycles. The van der Waals surface area contributed by atoms with Gasteiger partial charge in [0.15, 0.2) is 0 Å². The molecule has 1 N–H and O–H groups in total. The quantitative estimate of drug-likeness (QED) is 0.408. The SMILES string of the molecule is S=C(S)NCCCN1CCCC1. The molecule has 1 heterocycles. The Morgan fingerprint density at radius 2 is 2.08 bits per heavy atom. The number of hydrogen-bond donors (Lipinski definition) is 2. The summed E-state index contributed by atoms with van der Waals surface area (Å²) < 4.78 is 0.608. The summed E-state index contributed by atoms with van der Waals surface area (Å²) in [5, 5.41) is 3.04. The molecule has 0 aromatic rings. The third kappa shape index (κ3) is 4.28. The Kier molecular flexibility index (Phi) is 4.95. The molecular weight excluding hydrogens is 188 g/mol. The highest BCUT2D eigenvalue weighted by Crippen LogP contribution is 2.06. The molecular formula is C8H16N2S2. The zero-order chi connectivity index (χ0) is 8.81. The summed E-state index contributed by atoms with van der Waals surface area (Å²) in [6.07, 6.45) is 3.91. The van der Waals surface area contributed by atoms with E-state index in [9.17, 15) is 0 Å². The molecule has 1 rings (SSSR count). The van der Waals surface area contributed by atoms with Crippen LogP contribution in [0.15, 0.2) is 0 Å². The molecule has 0 unspecified atom stereocenters. The highest BCUT2D eigenvalue weighted by molar-refractivity contribution is 8.11. The predicted octanol–water partition coefficient (Wildman–Crippen LogP) is 1.28. The van der Waals surface area contributed by atoms with Crippen LogP contribution in [-0.2, 0) is 0 Å². The molecule has 12 heavy (non-hydrogen) atoms. The second-order valence-electron chi connectivity index (χ2n) is 3.13. The predicted molar refractivity (Wildman–Crippen MR) is 59.9 cm³/mol. The highest BCUT2D eigenvalue weighted by atomic mass is 32.1. The summed E-state index contributed by atoms with van der Waals surface area (Å²) in [6, 6.07) is 0. The van der Waals surface area contributed by atoms with Crippen LogP contribution in [0.1, 0.15) is 19.3 Å². The van der Waals surface area contributed by atoms with E-state index in [-0.39, 0.29) is 0 Å². The molecule has 1 saturated heterocycles. The lowest BCUT2D eigenvalue weighted by Crippen LogP contribution is -2.25. The van der Waals surface area contributed by atoms with Crippen LogP contribution < -0.4 is 5.32 Å². The lowest BCUT2D eigenvalue weighted by atomic mass is 10.4. The van der Waals surface area contributed by atoms with Crippen molar-refractivity contribution in [3.63, 3.8) is 0 Å². The Morgan fingerprint density at radius 3 is 2.67 bits per heavy atom. The molecule has 0 aliphatic carbocycles. The summed E-state index contributed by atoms with van der Waals surface area (Å²) in [6.45, 7) is 4.72. The van der Waals surface area contributed by atoms with Crippen molar-refractivity contribution in [3.05, 3.63) is 0 Å². The largest absolute Gasteiger partial charge is 0.371 e. The number of rotatable bonds is 4. The number of hydrogen-bond acceptors (Lipinski definition) is 2. The van der Waals surface area contributed by atoms with E-state index in [1.54, 1.807) is 0 Å². The third-order valence-corrected chi connectivity index (χ3v) is 2.43. The standard InChI is InChI=1S/C8H16N2S2/c11-8(12)9-4-3-7-10-5-1-2-6-10/h1-7H2,(H2,9,11,12). The van der Waals surface area contributed by atoms with Crippen LogP contribution in [0.5, 0.6) is 0 Å². The Hall–Kier alpha value is 0.200. The average Bonchev–Trinajstić information content (AvgIpc) is 2.49. The van der Waals surface area contributed by atoms with Crippen molar-refractivity contribution in [3.8, 4) is 0 Å². The fourth-order valence-electron chi connectivity index (χ4n) is 1.50. The molecule has 70 valence electrons. The molecule has 0 spiro atoms. The minimum absolute atomic E-state index is 0.608. The van der Waals surface area contributed by atoms with Crippen LogP contribution in [0.2, 0.25) is 0 Å². The zero-order valence-corrected chi connectivity index (χ0v) is 8.96. The van der Waals surface area contributed by atoms with E-state index in [4.69, 9.17) is 12.2 Å². The topological polar surface area (TPSA) is 15.3 Å². The maximum atomic E-state index is 4.78. The number of nitrogens with zero attached hydrogens (tertiary/aromatic N) is 1. The van der Waals surface area contributed by atoms with E-state index in [0.717, 1.165) is 6.54 Å². The first-order valence-corrected chi connectivity index (χ1v) is 5.34. The van der Waals surface area contributed by atoms with Crippen LogP contribution in [0.3, 0.4) is 0 Å². The summed E-state index contributed by atoms with van der Waals surface area (Å²) >= 11 is 8.77. The highest BCUT2D eigenvalue weighted by Gasteiger charge is 2.09. The van der Waals surface area contributed by atoms with E-state index < -0.39 is 0 Å². The summed E-state index contributed by atoms with van der Waals surface area (Å²) in [4.78, 5) is 2.50. The van der Waals surface area contributed by atoms with Crippen molar-refractivity contribution >= 4 is 29.2 Å². The molecule has 1 fully saturated rings. The van der Waals surface area contributed by atoms with Gasteiger partial charge in [-0.3, -0.25) is 0 Å². The van der Waals surface area contributed by atoms with Crippen LogP contribution in [0, 0.1) is 0 Å². The monoisotopic (exact) mass is 204 g/mol. The Labute approximate surface area is 85.1 Å². The Balaban J connectivity index is 1.91. The second kappa shape index (κ2) is 5.78. The molecule has 0 aromatic heterocycles. The van der Waals surface area contributed by atoms with Gasteiger partial charge in [0.05, 0.1) is 0 Å². The normalized spacial score (nSPS) is 18.1. The first-order chi connectivity index (χ1) is 5.79. The smallest absolute Gasteiger partial charge is 0.130 e. The molecule has 1 aliphatic rings. The van der Waals surface area contributed by atoms with Gasteiger partial charge in [-0.1, -0.05) is 12.2 Å². The third-order valence-electron chi connectivity index (χ3n) is 2.13. The first kappa shape index (κ1) is 10.3. The molecule has 0 radical (unpaired) electrons. The van der Waals surface area contributed by atoms with Crippen molar-refractivity contribution in [2.75, 3.05) is 26.2 Å². The van der Waals surface area contributed by atoms with Gasteiger partial charge in [0.25, 0.3) is 0 Å². The average molecular weight is 204 g/mol. The van der Waals surface area contributed by atoms with Crippen molar-refractivity contribution in [2.24, 2.45) is 0 Å². The van der Waals surface area contributed by atoms with E-state index >= 15 is 0 Å². The van der Waals surface area contributed by atoms with Gasteiger partial charge in [-0.25, -0.2) is 0 Å². The number of likely N-dealkylation sites (tertiary alicyclic amines) is 1. The van der Waals surface area contributed by atoms with Gasteiger partial charge in [0.2, 0.25) is 0 Å². The van der Waals surface area contributed by atoms with Crippen LogP contribution >= 0.6 is 24.8 Å². The number of thiocarbonyl (C=S) groups is 1. The van der Waals surface area contributed by atoms with E-state index in [1.165, 1.54) is 38.9 Å². The molecule has 0 bridgehead atoms. The maximum absolute atomic E-state index is 4.78. The fraction of sp³-hybridized carbons (Fsp3) is 0.875. The number of thiol groups is 1. The number of nitrogens with one attached hydrogen (secondary N) is 1. The molecule has 0 amide bonds. The van der Waals surface area contributed by atoms with Gasteiger partial charge in [0, 0.05) is 6.54 Å². The van der Waals surface area contributed by atoms with Crippen molar-refractivity contribution in [1.82, 2.24) is 10.2 Å². The minimum Gasteiger partial charge on any atom is -0.371 e. The minimum atomic E-state index is 0.608. The van der Waals surface area contributed by atoms with Crippen LogP contribution in [0.4, 0.5) is 0 Å². The van der Waals surface area contributed by atoms with Crippen molar-refractivity contribution in [1.29, 1.82) is 0 Å². The summed E-state index contributed by atoms with van der Waals surface area (Å²) in [7, 11) is 0. The van der Waals surface area contributed by atoms with Gasteiger partial charge in [-0.2, -0.15) is 0 Å². The van der Waals surface area contributed by atoms with Crippen molar-refractivity contribution in [2.45, 2.75) is 19.3 Å². The summed E-state index contributed by atoms with van der Waals surface area (Å²) in [5.41, 5.74) is 0. The van der Waals surface area contributed by atoms with Gasteiger partial charge >= 0.3 is 0 Å². The lowest BCUT2D eigenvalue weighted by Gasteiger charge is -2.13. The Bertz CT molecular complexity index is 144.